The zero-order valence-electron chi connectivity index (χ0n) is 10.7. The molecular weight excluding hydrogens is 230 g/mol. The fourth-order valence-electron chi connectivity index (χ4n) is 1.26. The van der Waals surface area contributed by atoms with Crippen molar-refractivity contribution in [2.45, 2.75) is 25.8 Å². The van der Waals surface area contributed by atoms with E-state index in [2.05, 4.69) is 17.6 Å². The van der Waals surface area contributed by atoms with Crippen LogP contribution in [0, 0.1) is 0 Å². The van der Waals surface area contributed by atoms with E-state index >= 15 is 0 Å². The Morgan fingerprint density at radius 1 is 1.18 bits per heavy atom. The van der Waals surface area contributed by atoms with Crippen LogP contribution in [0.4, 0.5) is 8.78 Å². The summed E-state index contributed by atoms with van der Waals surface area (Å²) in [6.45, 7) is 5.15. The van der Waals surface area contributed by atoms with Crippen molar-refractivity contribution in [3.05, 3.63) is 0 Å². The Balaban J connectivity index is 3.13. The lowest BCUT2D eigenvalue weighted by Crippen LogP contribution is -2.38. The molecule has 4 nitrogen and oxygen atoms in total. The Kier molecular flexibility index (Phi) is 12.0. The first kappa shape index (κ1) is 16.7. The Morgan fingerprint density at radius 3 is 2.59 bits per heavy atom. The van der Waals surface area contributed by atoms with Gasteiger partial charge in [-0.15, -0.1) is 0 Å². The average molecular weight is 254 g/mol. The molecule has 0 aromatic carbocycles. The maximum Gasteiger partial charge on any atom is 0.261 e. The molecule has 1 unspecified atom stereocenters. The van der Waals surface area contributed by atoms with Crippen LogP contribution in [-0.4, -0.2) is 59.0 Å². The number of alkyl halides is 2. The van der Waals surface area contributed by atoms with Crippen molar-refractivity contribution in [1.82, 2.24) is 10.6 Å². The van der Waals surface area contributed by atoms with Gasteiger partial charge in [-0.2, -0.15) is 0 Å². The summed E-state index contributed by atoms with van der Waals surface area (Å²) < 4.78 is 33.1. The highest BCUT2D eigenvalue weighted by atomic mass is 19.3. The lowest BCUT2D eigenvalue weighted by Gasteiger charge is -2.14. The monoisotopic (exact) mass is 254 g/mol. The van der Waals surface area contributed by atoms with E-state index in [1.54, 1.807) is 7.11 Å². The fraction of sp³-hybridized carbons (Fsp3) is 1.00. The van der Waals surface area contributed by atoms with Crippen LogP contribution in [0.2, 0.25) is 0 Å². The predicted molar refractivity (Wildman–Crippen MR) is 63.7 cm³/mol. The molecule has 0 saturated carbocycles. The first-order chi connectivity index (χ1) is 8.16. The van der Waals surface area contributed by atoms with Crippen molar-refractivity contribution in [1.29, 1.82) is 0 Å². The molecular formula is C11H24F2N2O2. The van der Waals surface area contributed by atoms with E-state index in [9.17, 15) is 8.78 Å². The molecule has 0 heterocycles. The lowest BCUT2D eigenvalue weighted by molar-refractivity contribution is 0.0167. The normalized spacial score (nSPS) is 13.2. The maximum atomic E-state index is 11.7. The van der Waals surface area contributed by atoms with Gasteiger partial charge in [0.05, 0.1) is 6.61 Å². The largest absolute Gasteiger partial charge is 0.383 e. The Morgan fingerprint density at radius 2 is 1.94 bits per heavy atom. The van der Waals surface area contributed by atoms with E-state index in [1.807, 2.05) is 0 Å². The summed E-state index contributed by atoms with van der Waals surface area (Å²) in [6, 6.07) is 0.349. The maximum absolute atomic E-state index is 11.7. The number of nitrogens with one attached hydrogen (secondary N) is 2. The van der Waals surface area contributed by atoms with Crippen molar-refractivity contribution >= 4 is 0 Å². The zero-order chi connectivity index (χ0) is 12.9. The van der Waals surface area contributed by atoms with Gasteiger partial charge in [0, 0.05) is 32.8 Å². The second-order valence-electron chi connectivity index (χ2n) is 3.87. The molecule has 0 aliphatic rings. The predicted octanol–water partition coefficient (Wildman–Crippen LogP) is 0.872. The zero-order valence-corrected chi connectivity index (χ0v) is 10.7. The molecule has 0 amide bonds. The summed E-state index contributed by atoms with van der Waals surface area (Å²) >= 11 is 0. The van der Waals surface area contributed by atoms with E-state index in [0.717, 1.165) is 26.1 Å². The minimum Gasteiger partial charge on any atom is -0.383 e. The van der Waals surface area contributed by atoms with Crippen LogP contribution in [0.3, 0.4) is 0 Å². The average Bonchev–Trinajstić information content (AvgIpc) is 2.29. The minimum absolute atomic E-state index is 0.349. The Hall–Kier alpha value is -0.300. The molecule has 0 saturated heterocycles. The van der Waals surface area contributed by atoms with Gasteiger partial charge in [0.2, 0.25) is 0 Å². The smallest absolute Gasteiger partial charge is 0.261 e. The quantitative estimate of drug-likeness (QED) is 0.507. The van der Waals surface area contributed by atoms with Crippen molar-refractivity contribution in [3.63, 3.8) is 0 Å². The van der Waals surface area contributed by atoms with Crippen LogP contribution in [0.1, 0.15) is 13.3 Å². The van der Waals surface area contributed by atoms with Crippen molar-refractivity contribution in [2.75, 3.05) is 46.6 Å². The van der Waals surface area contributed by atoms with Gasteiger partial charge in [-0.25, -0.2) is 8.78 Å². The van der Waals surface area contributed by atoms with E-state index in [4.69, 9.17) is 9.47 Å². The van der Waals surface area contributed by atoms with Crippen LogP contribution >= 0.6 is 0 Å². The molecule has 0 bridgehead atoms. The van der Waals surface area contributed by atoms with Gasteiger partial charge < -0.3 is 20.1 Å². The summed E-state index contributed by atoms with van der Waals surface area (Å²) in [4.78, 5) is 0. The van der Waals surface area contributed by atoms with E-state index < -0.39 is 13.0 Å². The van der Waals surface area contributed by atoms with Gasteiger partial charge in [0.25, 0.3) is 6.43 Å². The van der Waals surface area contributed by atoms with Gasteiger partial charge >= 0.3 is 0 Å². The second-order valence-corrected chi connectivity index (χ2v) is 3.87. The fourth-order valence-corrected chi connectivity index (χ4v) is 1.26. The lowest BCUT2D eigenvalue weighted by atomic mass is 10.3. The molecule has 104 valence electrons. The van der Waals surface area contributed by atoms with Gasteiger partial charge in [0.1, 0.15) is 6.61 Å². The van der Waals surface area contributed by atoms with E-state index in [1.165, 1.54) is 0 Å². The number of hydrogen-bond donors (Lipinski definition) is 2. The third kappa shape index (κ3) is 13.6. The molecule has 6 heteroatoms. The first-order valence-electron chi connectivity index (χ1n) is 5.95. The van der Waals surface area contributed by atoms with Crippen LogP contribution < -0.4 is 10.6 Å². The molecule has 0 radical (unpaired) electrons. The topological polar surface area (TPSA) is 42.5 Å². The highest BCUT2D eigenvalue weighted by Gasteiger charge is 2.02. The van der Waals surface area contributed by atoms with Gasteiger partial charge in [-0.3, -0.25) is 0 Å². The van der Waals surface area contributed by atoms with Crippen molar-refractivity contribution in [2.24, 2.45) is 0 Å². The number of methoxy groups -OCH3 is 1. The van der Waals surface area contributed by atoms with Crippen LogP contribution in [0.5, 0.6) is 0 Å². The van der Waals surface area contributed by atoms with Gasteiger partial charge in [0.15, 0.2) is 0 Å². The molecule has 0 spiro atoms. The standard InChI is InChI=1S/C11H24F2N2O2/c1-10(8-14-5-7-16-2)15-4-3-6-17-9-11(12)13/h10-11,14-15H,3-9H2,1-2H3. The van der Waals surface area contributed by atoms with Gasteiger partial charge in [-0.1, -0.05) is 0 Å². The number of rotatable bonds is 12. The molecule has 0 aromatic rings. The molecule has 2 N–H and O–H groups in total. The number of hydrogen-bond acceptors (Lipinski definition) is 4. The SMILES string of the molecule is COCCNCC(C)NCCCOCC(F)F. The summed E-state index contributed by atoms with van der Waals surface area (Å²) in [7, 11) is 1.67. The third-order valence-corrected chi connectivity index (χ3v) is 2.14. The van der Waals surface area contributed by atoms with Crippen LogP contribution in [-0.2, 0) is 9.47 Å². The molecule has 0 aliphatic heterocycles. The molecule has 0 aliphatic carbocycles. The molecule has 0 rings (SSSR count). The molecule has 0 fully saturated rings. The van der Waals surface area contributed by atoms with Crippen molar-refractivity contribution in [3.8, 4) is 0 Å². The Bertz CT molecular complexity index is 162. The summed E-state index contributed by atoms with van der Waals surface area (Å²) in [6.07, 6.45) is -1.62. The molecule has 1 atom stereocenters. The molecule has 0 aromatic heterocycles. The van der Waals surface area contributed by atoms with Crippen LogP contribution in [0.25, 0.3) is 0 Å². The summed E-state index contributed by atoms with van der Waals surface area (Å²) in [5.41, 5.74) is 0. The third-order valence-electron chi connectivity index (χ3n) is 2.14. The number of halogens is 2. The van der Waals surface area contributed by atoms with E-state index in [-0.39, 0.29) is 0 Å². The number of ether oxygens (including phenoxy) is 2. The van der Waals surface area contributed by atoms with Gasteiger partial charge in [-0.05, 0) is 19.9 Å². The van der Waals surface area contributed by atoms with Crippen molar-refractivity contribution < 1.29 is 18.3 Å². The second kappa shape index (κ2) is 12.2. The highest BCUT2D eigenvalue weighted by molar-refractivity contribution is 4.63. The Labute approximate surface area is 102 Å². The van der Waals surface area contributed by atoms with E-state index in [0.29, 0.717) is 19.3 Å². The first-order valence-corrected chi connectivity index (χ1v) is 5.95. The van der Waals surface area contributed by atoms with Crippen LogP contribution in [0.15, 0.2) is 0 Å². The molecule has 17 heavy (non-hydrogen) atoms. The summed E-state index contributed by atoms with van der Waals surface area (Å²) in [5.74, 6) is 0. The highest BCUT2D eigenvalue weighted by Crippen LogP contribution is 1.93. The summed E-state index contributed by atoms with van der Waals surface area (Å²) in [5, 5.41) is 6.51. The minimum atomic E-state index is -2.37.